The number of rotatable bonds is 3. The van der Waals surface area contributed by atoms with Crippen molar-refractivity contribution in [2.45, 2.75) is 12.7 Å². The number of fused-ring (bicyclic) bond motifs is 1. The molecule has 2 aromatic rings. The molecule has 0 bridgehead atoms. The molecule has 0 spiro atoms. The van der Waals surface area contributed by atoms with E-state index >= 15 is 0 Å². The summed E-state index contributed by atoms with van der Waals surface area (Å²) in [6.45, 7) is -1.06. The molecule has 0 radical (unpaired) electrons. The Kier molecular flexibility index (Phi) is 4.55. The number of aromatic nitrogens is 1. The van der Waals surface area contributed by atoms with E-state index in [1.807, 2.05) is 24.3 Å². The van der Waals surface area contributed by atoms with Crippen molar-refractivity contribution in [1.82, 2.24) is 15.2 Å². The fourth-order valence-electron chi connectivity index (χ4n) is 2.81. The molecule has 1 aromatic carbocycles. The van der Waals surface area contributed by atoms with Crippen molar-refractivity contribution in [3.05, 3.63) is 29.3 Å². The van der Waals surface area contributed by atoms with Gasteiger partial charge in [0, 0.05) is 13.1 Å². The van der Waals surface area contributed by atoms with E-state index in [4.69, 9.17) is 5.11 Å². The third-order valence-corrected chi connectivity index (χ3v) is 5.11. The first-order chi connectivity index (χ1) is 11.8. The number of carboxylic acids is 1. The lowest BCUT2D eigenvalue weighted by molar-refractivity contribution is -0.187. The summed E-state index contributed by atoms with van der Waals surface area (Å²) in [7, 11) is 0. The molecule has 10 heteroatoms. The molecule has 3 rings (SSSR count). The summed E-state index contributed by atoms with van der Waals surface area (Å²) >= 11 is 1.37. The predicted octanol–water partition coefficient (Wildman–Crippen LogP) is 2.70. The fraction of sp³-hybridized carbons (Fsp3) is 0.400. The molecule has 1 aliphatic rings. The van der Waals surface area contributed by atoms with Crippen molar-refractivity contribution in [2.24, 2.45) is 11.8 Å². The summed E-state index contributed by atoms with van der Waals surface area (Å²) in [5.41, 5.74) is 0.779. The third-order valence-electron chi connectivity index (χ3n) is 4.07. The minimum atomic E-state index is -4.66. The zero-order valence-electron chi connectivity index (χ0n) is 12.8. The number of nitrogens with zero attached hydrogens (tertiary/aromatic N) is 2. The summed E-state index contributed by atoms with van der Waals surface area (Å²) in [6, 6.07) is 6.67. The second-order valence-corrected chi connectivity index (χ2v) is 6.85. The molecule has 2 heterocycles. The first-order valence-corrected chi connectivity index (χ1v) is 8.24. The Morgan fingerprint density at radius 3 is 2.64 bits per heavy atom. The molecule has 134 valence electrons. The predicted molar refractivity (Wildman–Crippen MR) is 84.1 cm³/mol. The number of thiazole rings is 1. The fourth-order valence-corrected chi connectivity index (χ4v) is 3.72. The summed E-state index contributed by atoms with van der Waals surface area (Å²) in [4.78, 5) is 28.4. The van der Waals surface area contributed by atoms with Crippen molar-refractivity contribution < 1.29 is 27.9 Å². The Labute approximate surface area is 144 Å². The number of aliphatic carboxylic acids is 1. The molecule has 2 atom stereocenters. The number of nitrogens with one attached hydrogen (secondary N) is 1. The Hall–Kier alpha value is -2.36. The summed E-state index contributed by atoms with van der Waals surface area (Å²) in [5, 5.41) is 12.1. The topological polar surface area (TPSA) is 82.5 Å². The van der Waals surface area contributed by atoms with E-state index < -0.39 is 43.1 Å². The van der Waals surface area contributed by atoms with Gasteiger partial charge in [-0.25, -0.2) is 9.78 Å². The van der Waals surface area contributed by atoms with Crippen LogP contribution >= 0.6 is 11.3 Å². The van der Waals surface area contributed by atoms with Crippen LogP contribution in [0.2, 0.25) is 0 Å². The van der Waals surface area contributed by atoms with Gasteiger partial charge in [-0.05, 0) is 12.1 Å². The van der Waals surface area contributed by atoms with E-state index in [9.17, 15) is 22.8 Å². The molecule has 1 aliphatic heterocycles. The molecule has 1 fully saturated rings. The van der Waals surface area contributed by atoms with Crippen LogP contribution in [0.5, 0.6) is 0 Å². The van der Waals surface area contributed by atoms with Crippen LogP contribution in [0, 0.1) is 11.8 Å². The maximum Gasteiger partial charge on any atom is 0.394 e. The molecular weight excluding hydrogens is 359 g/mol. The minimum Gasteiger partial charge on any atom is -0.481 e. The monoisotopic (exact) mass is 373 g/mol. The number of urea groups is 1. The third kappa shape index (κ3) is 3.68. The second-order valence-electron chi connectivity index (χ2n) is 5.73. The minimum absolute atomic E-state index is 0.0725. The lowest BCUT2D eigenvalue weighted by Gasteiger charge is -2.18. The van der Waals surface area contributed by atoms with Crippen molar-refractivity contribution >= 4 is 33.6 Å². The number of amides is 2. The highest BCUT2D eigenvalue weighted by Gasteiger charge is 2.53. The van der Waals surface area contributed by atoms with Crippen molar-refractivity contribution in [3.8, 4) is 0 Å². The maximum atomic E-state index is 12.9. The van der Waals surface area contributed by atoms with Gasteiger partial charge < -0.3 is 15.3 Å². The Bertz CT molecular complexity index is 775. The van der Waals surface area contributed by atoms with E-state index in [0.29, 0.717) is 5.01 Å². The quantitative estimate of drug-likeness (QED) is 0.867. The van der Waals surface area contributed by atoms with E-state index in [1.54, 1.807) is 0 Å². The largest absolute Gasteiger partial charge is 0.481 e. The molecule has 2 N–H and O–H groups in total. The normalized spacial score (nSPS) is 20.8. The Morgan fingerprint density at radius 1 is 1.32 bits per heavy atom. The number of hydrogen-bond acceptors (Lipinski definition) is 4. The smallest absolute Gasteiger partial charge is 0.394 e. The molecule has 1 saturated heterocycles. The lowest BCUT2D eigenvalue weighted by atomic mass is 9.96. The van der Waals surface area contributed by atoms with Crippen LogP contribution in [-0.4, -0.2) is 46.3 Å². The van der Waals surface area contributed by atoms with Gasteiger partial charge in [0.15, 0.2) is 0 Å². The number of carboxylic acid groups (broad SMARTS) is 1. The molecule has 0 aliphatic carbocycles. The van der Waals surface area contributed by atoms with Crippen LogP contribution in [0.15, 0.2) is 24.3 Å². The summed E-state index contributed by atoms with van der Waals surface area (Å²) in [6.07, 6.45) is -4.66. The molecule has 25 heavy (non-hydrogen) atoms. The van der Waals surface area contributed by atoms with Gasteiger partial charge in [-0.1, -0.05) is 12.1 Å². The van der Waals surface area contributed by atoms with Gasteiger partial charge in [-0.2, -0.15) is 13.2 Å². The second kappa shape index (κ2) is 6.51. The Balaban J connectivity index is 1.64. The number of hydrogen-bond donors (Lipinski definition) is 2. The van der Waals surface area contributed by atoms with Gasteiger partial charge in [0.2, 0.25) is 0 Å². The standard InChI is InChI=1S/C15H14F3N3O3S/c16-15(17,18)9-7-21(6-8(9)13(22)23)14(24)19-5-12-20-10-3-1-2-4-11(10)25-12/h1-4,8-9H,5-7H2,(H,19,24)(H,22,23)/t8-,9-/m1/s1. The SMILES string of the molecule is O=C(O)[C@@H]1CN(C(=O)NCc2nc3ccccc3s2)C[C@H]1C(F)(F)F. The zero-order valence-corrected chi connectivity index (χ0v) is 13.6. The van der Waals surface area contributed by atoms with E-state index in [2.05, 4.69) is 10.3 Å². The zero-order chi connectivity index (χ0) is 18.2. The van der Waals surface area contributed by atoms with Crippen molar-refractivity contribution in [2.75, 3.05) is 13.1 Å². The number of para-hydroxylation sites is 1. The number of likely N-dealkylation sites (tertiary alicyclic amines) is 1. The van der Waals surface area contributed by atoms with Crippen LogP contribution in [0.1, 0.15) is 5.01 Å². The number of carbonyl (C=O) groups excluding carboxylic acids is 1. The molecule has 0 unspecified atom stereocenters. The molecule has 1 aromatic heterocycles. The van der Waals surface area contributed by atoms with Gasteiger partial charge in [0.05, 0.1) is 28.6 Å². The highest BCUT2D eigenvalue weighted by atomic mass is 32.1. The summed E-state index contributed by atoms with van der Waals surface area (Å²) < 4.78 is 39.8. The number of benzene rings is 1. The van der Waals surface area contributed by atoms with E-state index in [-0.39, 0.29) is 6.54 Å². The van der Waals surface area contributed by atoms with Crippen molar-refractivity contribution in [3.63, 3.8) is 0 Å². The first-order valence-electron chi connectivity index (χ1n) is 7.42. The first kappa shape index (κ1) is 17.5. The maximum absolute atomic E-state index is 12.9. The molecular formula is C15H14F3N3O3S. The van der Waals surface area contributed by atoms with Gasteiger partial charge >= 0.3 is 18.2 Å². The molecule has 0 saturated carbocycles. The van der Waals surface area contributed by atoms with Crippen LogP contribution < -0.4 is 5.32 Å². The molecule has 6 nitrogen and oxygen atoms in total. The van der Waals surface area contributed by atoms with Gasteiger partial charge in [0.25, 0.3) is 0 Å². The molecule has 2 amide bonds. The highest BCUT2D eigenvalue weighted by Crippen LogP contribution is 2.37. The number of alkyl halides is 3. The van der Waals surface area contributed by atoms with Crippen LogP contribution in [0.3, 0.4) is 0 Å². The van der Waals surface area contributed by atoms with E-state index in [0.717, 1.165) is 15.1 Å². The number of halogens is 3. The van der Waals surface area contributed by atoms with Gasteiger partial charge in [-0.3, -0.25) is 4.79 Å². The van der Waals surface area contributed by atoms with Gasteiger partial charge in [0.1, 0.15) is 5.01 Å². The van der Waals surface area contributed by atoms with Crippen LogP contribution in [0.25, 0.3) is 10.2 Å². The van der Waals surface area contributed by atoms with Gasteiger partial charge in [-0.15, -0.1) is 11.3 Å². The van der Waals surface area contributed by atoms with Crippen LogP contribution in [0.4, 0.5) is 18.0 Å². The summed E-state index contributed by atoms with van der Waals surface area (Å²) in [5.74, 6) is -5.25. The Morgan fingerprint density at radius 2 is 2.04 bits per heavy atom. The lowest BCUT2D eigenvalue weighted by Crippen LogP contribution is -2.39. The average Bonchev–Trinajstić information content (AvgIpc) is 3.16. The average molecular weight is 373 g/mol. The highest BCUT2D eigenvalue weighted by molar-refractivity contribution is 7.18. The van der Waals surface area contributed by atoms with Crippen LogP contribution in [-0.2, 0) is 11.3 Å². The van der Waals surface area contributed by atoms with Crippen molar-refractivity contribution in [1.29, 1.82) is 0 Å². The number of carbonyl (C=O) groups is 2. The van der Waals surface area contributed by atoms with E-state index in [1.165, 1.54) is 11.3 Å².